The fourth-order valence-corrected chi connectivity index (χ4v) is 2.01. The Kier molecular flexibility index (Phi) is 4.05. The van der Waals surface area contributed by atoms with Crippen LogP contribution in [0.4, 0.5) is 14.9 Å². The number of carbonyl (C=O) groups excluding carboxylic acids is 2. The summed E-state index contributed by atoms with van der Waals surface area (Å²) < 4.78 is 18.5. The fraction of sp³-hybridized carbons (Fsp3) is 0.133. The lowest BCUT2D eigenvalue weighted by atomic mass is 10.3. The molecule has 0 unspecified atom stereocenters. The third-order valence-corrected chi connectivity index (χ3v) is 3.11. The van der Waals surface area contributed by atoms with Crippen molar-refractivity contribution in [1.29, 1.82) is 0 Å². The molecule has 1 aliphatic rings. The second kappa shape index (κ2) is 6.30. The number of halogens is 1. The SMILES string of the molecule is O=C1NC[C@H](C(=O)Nc2ccc(Oc3cccc(F)c3)nc2)N1. The molecule has 0 bridgehead atoms. The molecule has 23 heavy (non-hydrogen) atoms. The Balaban J connectivity index is 1.60. The standard InChI is InChI=1S/C15H13FN4O3/c16-9-2-1-3-11(6-9)23-13-5-4-10(7-17-13)19-14(21)12-8-18-15(22)20-12/h1-7,12H,8H2,(H,19,21)(H2,18,20,22)/t12-/m1/s1. The van der Waals surface area contributed by atoms with Crippen LogP contribution < -0.4 is 20.7 Å². The zero-order valence-electron chi connectivity index (χ0n) is 11.9. The van der Waals surface area contributed by atoms with Crippen LogP contribution in [0.15, 0.2) is 42.6 Å². The van der Waals surface area contributed by atoms with Gasteiger partial charge in [0.25, 0.3) is 0 Å². The first-order chi connectivity index (χ1) is 11.1. The van der Waals surface area contributed by atoms with Crippen molar-refractivity contribution >= 4 is 17.6 Å². The third kappa shape index (κ3) is 3.73. The van der Waals surface area contributed by atoms with Gasteiger partial charge in [-0.3, -0.25) is 4.79 Å². The summed E-state index contributed by atoms with van der Waals surface area (Å²) in [6.45, 7) is 0.235. The molecular formula is C15H13FN4O3. The summed E-state index contributed by atoms with van der Waals surface area (Å²) in [4.78, 5) is 26.9. The maximum atomic E-state index is 13.1. The van der Waals surface area contributed by atoms with Gasteiger partial charge in [-0.15, -0.1) is 0 Å². The number of benzene rings is 1. The molecule has 1 fully saturated rings. The van der Waals surface area contributed by atoms with Crippen LogP contribution in [0.1, 0.15) is 0 Å². The number of nitrogens with one attached hydrogen (secondary N) is 3. The van der Waals surface area contributed by atoms with E-state index in [1.165, 1.54) is 24.4 Å². The molecule has 3 N–H and O–H groups in total. The summed E-state index contributed by atoms with van der Waals surface area (Å²) in [7, 11) is 0. The van der Waals surface area contributed by atoms with E-state index in [4.69, 9.17) is 4.74 Å². The van der Waals surface area contributed by atoms with E-state index >= 15 is 0 Å². The molecule has 0 saturated carbocycles. The number of aromatic nitrogens is 1. The Hall–Kier alpha value is -3.16. The van der Waals surface area contributed by atoms with Gasteiger partial charge in [0, 0.05) is 18.7 Å². The molecule has 2 aromatic rings. The summed E-state index contributed by atoms with van der Waals surface area (Å²) >= 11 is 0. The molecule has 118 valence electrons. The number of urea groups is 1. The highest BCUT2D eigenvalue weighted by molar-refractivity contribution is 5.98. The minimum Gasteiger partial charge on any atom is -0.439 e. The molecule has 1 aromatic heterocycles. The maximum absolute atomic E-state index is 13.1. The summed E-state index contributed by atoms with van der Waals surface area (Å²) in [6.07, 6.45) is 1.41. The second-order valence-electron chi connectivity index (χ2n) is 4.84. The molecule has 3 amide bonds. The molecule has 3 rings (SSSR count). The molecule has 1 aromatic carbocycles. The molecule has 2 heterocycles. The van der Waals surface area contributed by atoms with Gasteiger partial charge in [-0.2, -0.15) is 0 Å². The van der Waals surface area contributed by atoms with Crippen molar-refractivity contribution in [2.75, 3.05) is 11.9 Å². The topological polar surface area (TPSA) is 92.4 Å². The number of carbonyl (C=O) groups is 2. The van der Waals surface area contributed by atoms with Gasteiger partial charge in [0.15, 0.2) is 0 Å². The van der Waals surface area contributed by atoms with Crippen LogP contribution in [0.5, 0.6) is 11.6 Å². The van der Waals surface area contributed by atoms with E-state index < -0.39 is 11.9 Å². The van der Waals surface area contributed by atoms with Gasteiger partial charge < -0.3 is 20.7 Å². The smallest absolute Gasteiger partial charge is 0.315 e. The molecule has 8 heteroatoms. The molecule has 0 aliphatic carbocycles. The summed E-state index contributed by atoms with van der Waals surface area (Å²) in [5.41, 5.74) is 0.461. The number of rotatable bonds is 4. The lowest BCUT2D eigenvalue weighted by molar-refractivity contribution is -0.117. The van der Waals surface area contributed by atoms with E-state index in [-0.39, 0.29) is 24.4 Å². The van der Waals surface area contributed by atoms with Gasteiger partial charge in [0.05, 0.1) is 11.9 Å². The van der Waals surface area contributed by atoms with Gasteiger partial charge in [0.2, 0.25) is 11.8 Å². The van der Waals surface area contributed by atoms with Crippen LogP contribution in [-0.2, 0) is 4.79 Å². The zero-order chi connectivity index (χ0) is 16.2. The van der Waals surface area contributed by atoms with Crippen molar-refractivity contribution in [3.05, 3.63) is 48.4 Å². The van der Waals surface area contributed by atoms with E-state index in [0.29, 0.717) is 11.4 Å². The third-order valence-electron chi connectivity index (χ3n) is 3.11. The van der Waals surface area contributed by atoms with E-state index in [0.717, 1.165) is 0 Å². The highest BCUT2D eigenvalue weighted by atomic mass is 19.1. The van der Waals surface area contributed by atoms with Crippen molar-refractivity contribution in [2.24, 2.45) is 0 Å². The number of anilines is 1. The van der Waals surface area contributed by atoms with Crippen molar-refractivity contribution in [1.82, 2.24) is 15.6 Å². The lowest BCUT2D eigenvalue weighted by Gasteiger charge is -2.10. The Bertz CT molecular complexity index is 736. The first kappa shape index (κ1) is 14.8. The van der Waals surface area contributed by atoms with Gasteiger partial charge in [-0.05, 0) is 18.2 Å². The Morgan fingerprint density at radius 3 is 2.87 bits per heavy atom. The first-order valence-electron chi connectivity index (χ1n) is 6.85. The molecule has 7 nitrogen and oxygen atoms in total. The Morgan fingerprint density at radius 1 is 1.35 bits per heavy atom. The van der Waals surface area contributed by atoms with E-state index in [1.807, 2.05) is 0 Å². The highest BCUT2D eigenvalue weighted by Gasteiger charge is 2.26. The van der Waals surface area contributed by atoms with E-state index in [1.54, 1.807) is 18.2 Å². The van der Waals surface area contributed by atoms with Crippen LogP contribution in [0.25, 0.3) is 0 Å². The Labute approximate surface area is 130 Å². The van der Waals surface area contributed by atoms with Crippen molar-refractivity contribution < 1.29 is 18.7 Å². The average Bonchev–Trinajstić information content (AvgIpc) is 2.96. The number of nitrogens with zero attached hydrogens (tertiary/aromatic N) is 1. The number of amides is 3. The Morgan fingerprint density at radius 2 is 2.22 bits per heavy atom. The normalized spacial score (nSPS) is 16.4. The van der Waals surface area contributed by atoms with Crippen molar-refractivity contribution in [3.8, 4) is 11.6 Å². The fourth-order valence-electron chi connectivity index (χ4n) is 2.01. The average molecular weight is 316 g/mol. The van der Waals surface area contributed by atoms with Crippen LogP contribution >= 0.6 is 0 Å². The summed E-state index contributed by atoms with van der Waals surface area (Å²) in [6, 6.07) is 7.85. The van der Waals surface area contributed by atoms with Crippen molar-refractivity contribution in [3.63, 3.8) is 0 Å². The second-order valence-corrected chi connectivity index (χ2v) is 4.84. The molecule has 0 radical (unpaired) electrons. The monoisotopic (exact) mass is 316 g/mol. The quantitative estimate of drug-likeness (QED) is 0.799. The van der Waals surface area contributed by atoms with Crippen LogP contribution in [0, 0.1) is 5.82 Å². The first-order valence-corrected chi connectivity index (χ1v) is 6.85. The lowest BCUT2D eigenvalue weighted by Crippen LogP contribution is -2.38. The van der Waals surface area contributed by atoms with E-state index in [9.17, 15) is 14.0 Å². The number of pyridine rings is 1. The summed E-state index contributed by atoms with van der Waals surface area (Å²) in [5, 5.41) is 7.61. The van der Waals surface area contributed by atoms with E-state index in [2.05, 4.69) is 20.9 Å². The van der Waals surface area contributed by atoms with Gasteiger partial charge in [-0.1, -0.05) is 6.07 Å². The number of hydrogen-bond acceptors (Lipinski definition) is 4. The minimum absolute atomic E-state index is 0.235. The highest BCUT2D eigenvalue weighted by Crippen LogP contribution is 2.21. The molecule has 1 atom stereocenters. The van der Waals surface area contributed by atoms with Crippen molar-refractivity contribution in [2.45, 2.75) is 6.04 Å². The number of hydrogen-bond donors (Lipinski definition) is 3. The molecular weight excluding hydrogens is 303 g/mol. The zero-order valence-corrected chi connectivity index (χ0v) is 11.9. The van der Waals surface area contributed by atoms with Crippen LogP contribution in [0.2, 0.25) is 0 Å². The predicted molar refractivity (Wildman–Crippen MR) is 79.7 cm³/mol. The number of ether oxygens (including phenoxy) is 1. The minimum atomic E-state index is -0.620. The van der Waals surface area contributed by atoms with Gasteiger partial charge in [-0.25, -0.2) is 14.2 Å². The van der Waals surface area contributed by atoms with Crippen LogP contribution in [-0.4, -0.2) is 29.5 Å². The molecule has 1 aliphatic heterocycles. The van der Waals surface area contributed by atoms with Gasteiger partial charge in [0.1, 0.15) is 17.6 Å². The summed E-state index contributed by atoms with van der Waals surface area (Å²) in [5.74, 6) is -0.152. The molecule has 1 saturated heterocycles. The largest absolute Gasteiger partial charge is 0.439 e. The molecule has 0 spiro atoms. The van der Waals surface area contributed by atoms with Crippen LogP contribution in [0.3, 0.4) is 0 Å². The maximum Gasteiger partial charge on any atom is 0.315 e. The van der Waals surface area contributed by atoms with Gasteiger partial charge >= 0.3 is 6.03 Å². The predicted octanol–water partition coefficient (Wildman–Crippen LogP) is 1.63.